The largest absolute Gasteiger partial charge is 0.0795 e. The number of benzene rings is 2. The molecule has 0 saturated carbocycles. The lowest BCUT2D eigenvalue weighted by molar-refractivity contribution is 1.34. The Bertz CT molecular complexity index is 587. The van der Waals surface area contributed by atoms with Crippen LogP contribution in [0.2, 0.25) is 0 Å². The molecule has 0 aliphatic rings. The highest BCUT2D eigenvalue weighted by molar-refractivity contribution is 5.89. The van der Waals surface area contributed by atoms with Gasteiger partial charge in [-0.2, -0.15) is 0 Å². The third kappa shape index (κ3) is 1.46. The molecule has 0 radical (unpaired) electrons. The van der Waals surface area contributed by atoms with Gasteiger partial charge in [-0.25, -0.2) is 0 Å². The molecule has 0 atom stereocenters. The van der Waals surface area contributed by atoms with Crippen molar-refractivity contribution in [2.24, 2.45) is 0 Å². The van der Waals surface area contributed by atoms with Crippen LogP contribution in [0.15, 0.2) is 24.3 Å². The van der Waals surface area contributed by atoms with E-state index in [0.717, 1.165) is 0 Å². The maximum Gasteiger partial charge on any atom is -0.0146 e. The molecule has 16 heavy (non-hydrogen) atoms. The summed E-state index contributed by atoms with van der Waals surface area (Å²) in [4.78, 5) is 0. The SMILES string of the molecule is C/C=c1/c(C)c2ccccc2c(C)/c1=C/C. The molecule has 0 amide bonds. The van der Waals surface area contributed by atoms with Crippen molar-refractivity contribution in [3.05, 3.63) is 45.8 Å². The van der Waals surface area contributed by atoms with Crippen LogP contribution in [0, 0.1) is 13.8 Å². The fourth-order valence-corrected chi connectivity index (χ4v) is 2.58. The Labute approximate surface area is 96.9 Å². The Hall–Kier alpha value is -1.56. The molecule has 0 heterocycles. The number of hydrogen-bond acceptors (Lipinski definition) is 0. The molecule has 0 spiro atoms. The van der Waals surface area contributed by atoms with Crippen molar-refractivity contribution in [1.29, 1.82) is 0 Å². The average molecular weight is 210 g/mol. The van der Waals surface area contributed by atoms with Gasteiger partial charge in [0, 0.05) is 0 Å². The molecular formula is C16H18. The zero-order valence-corrected chi connectivity index (χ0v) is 10.5. The van der Waals surface area contributed by atoms with Crippen molar-refractivity contribution < 1.29 is 0 Å². The number of hydrogen-bond donors (Lipinski definition) is 0. The van der Waals surface area contributed by atoms with E-state index in [-0.39, 0.29) is 0 Å². The van der Waals surface area contributed by atoms with Gasteiger partial charge < -0.3 is 0 Å². The Balaban J connectivity index is 3.20. The molecule has 0 heteroatoms. The van der Waals surface area contributed by atoms with Crippen molar-refractivity contribution >= 4 is 22.9 Å². The second kappa shape index (κ2) is 4.13. The molecule has 0 nitrogen and oxygen atoms in total. The number of aryl methyl sites for hydroxylation is 2. The van der Waals surface area contributed by atoms with Gasteiger partial charge in [-0.05, 0) is 60.0 Å². The summed E-state index contributed by atoms with van der Waals surface area (Å²) in [6, 6.07) is 8.65. The molecule has 0 aliphatic heterocycles. The topological polar surface area (TPSA) is 0 Å². The predicted molar refractivity (Wildman–Crippen MR) is 73.0 cm³/mol. The van der Waals surface area contributed by atoms with Gasteiger partial charge in [0.25, 0.3) is 0 Å². The van der Waals surface area contributed by atoms with E-state index >= 15 is 0 Å². The first-order valence-electron chi connectivity index (χ1n) is 5.81. The van der Waals surface area contributed by atoms with Crippen LogP contribution in [0.4, 0.5) is 0 Å². The highest BCUT2D eigenvalue weighted by Gasteiger charge is 2.03. The van der Waals surface area contributed by atoms with Gasteiger partial charge >= 0.3 is 0 Å². The first kappa shape index (κ1) is 10.9. The second-order valence-electron chi connectivity index (χ2n) is 4.20. The normalized spacial score (nSPS) is 13.8. The fraction of sp³-hybridized carbons (Fsp3) is 0.250. The van der Waals surface area contributed by atoms with Gasteiger partial charge in [-0.15, -0.1) is 0 Å². The maximum atomic E-state index is 2.21. The molecule has 2 aromatic rings. The Kier molecular flexibility index (Phi) is 2.82. The third-order valence-electron chi connectivity index (χ3n) is 3.41. The van der Waals surface area contributed by atoms with E-state index in [4.69, 9.17) is 0 Å². The molecular weight excluding hydrogens is 192 g/mol. The van der Waals surface area contributed by atoms with Gasteiger partial charge in [-0.3, -0.25) is 0 Å². The molecule has 0 unspecified atom stereocenters. The van der Waals surface area contributed by atoms with Crippen molar-refractivity contribution in [3.8, 4) is 0 Å². The lowest BCUT2D eigenvalue weighted by Crippen LogP contribution is -2.30. The van der Waals surface area contributed by atoms with E-state index in [0.29, 0.717) is 0 Å². The third-order valence-corrected chi connectivity index (χ3v) is 3.41. The van der Waals surface area contributed by atoms with E-state index < -0.39 is 0 Å². The molecule has 82 valence electrons. The van der Waals surface area contributed by atoms with Crippen LogP contribution in [0.3, 0.4) is 0 Å². The van der Waals surface area contributed by atoms with E-state index in [9.17, 15) is 0 Å². The maximum absolute atomic E-state index is 2.21. The average Bonchev–Trinajstić information content (AvgIpc) is 2.33. The summed E-state index contributed by atoms with van der Waals surface area (Å²) in [5, 5.41) is 5.50. The van der Waals surface area contributed by atoms with Gasteiger partial charge in [0.15, 0.2) is 0 Å². The molecule has 0 aromatic heterocycles. The van der Waals surface area contributed by atoms with E-state index in [1.165, 1.54) is 32.3 Å². The highest BCUT2D eigenvalue weighted by Crippen LogP contribution is 2.16. The standard InChI is InChI=1S/C16H18/c1-5-13-11(3)15-9-7-8-10-16(15)12(4)14(13)6-2/h5-10H,1-4H3/b13-5-,14-6-. The minimum absolute atomic E-state index is 1.37. The van der Waals surface area contributed by atoms with Crippen LogP contribution >= 0.6 is 0 Å². The van der Waals surface area contributed by atoms with Crippen LogP contribution in [0.1, 0.15) is 25.0 Å². The summed E-state index contributed by atoms with van der Waals surface area (Å²) in [6.45, 7) is 8.65. The van der Waals surface area contributed by atoms with E-state index in [1.54, 1.807) is 0 Å². The molecule has 0 saturated heterocycles. The molecule has 2 rings (SSSR count). The first-order chi connectivity index (χ1) is 7.70. The van der Waals surface area contributed by atoms with Gasteiger partial charge in [0.1, 0.15) is 0 Å². The Morgan fingerprint density at radius 2 is 1.12 bits per heavy atom. The summed E-state index contributed by atoms with van der Waals surface area (Å²) in [5.41, 5.74) is 2.77. The number of rotatable bonds is 0. The number of fused-ring (bicyclic) bond motifs is 1. The van der Waals surface area contributed by atoms with Crippen LogP contribution in [0.5, 0.6) is 0 Å². The monoisotopic (exact) mass is 210 g/mol. The quantitative estimate of drug-likeness (QED) is 0.627. The molecule has 2 aromatic carbocycles. The molecule has 0 bridgehead atoms. The summed E-state index contributed by atoms with van der Waals surface area (Å²) >= 11 is 0. The zero-order chi connectivity index (χ0) is 11.7. The van der Waals surface area contributed by atoms with Crippen molar-refractivity contribution in [1.82, 2.24) is 0 Å². The highest BCUT2D eigenvalue weighted by atomic mass is 14.1. The van der Waals surface area contributed by atoms with Crippen LogP contribution in [-0.4, -0.2) is 0 Å². The fourth-order valence-electron chi connectivity index (χ4n) is 2.58. The zero-order valence-electron chi connectivity index (χ0n) is 10.5. The summed E-state index contributed by atoms with van der Waals surface area (Å²) in [5.74, 6) is 0. The Morgan fingerprint density at radius 3 is 1.44 bits per heavy atom. The van der Waals surface area contributed by atoms with Crippen LogP contribution in [0.25, 0.3) is 22.9 Å². The Morgan fingerprint density at radius 1 is 0.750 bits per heavy atom. The lowest BCUT2D eigenvalue weighted by atomic mass is 9.96. The van der Waals surface area contributed by atoms with Crippen molar-refractivity contribution in [2.45, 2.75) is 27.7 Å². The predicted octanol–water partition coefficient (Wildman–Crippen LogP) is 3.06. The minimum Gasteiger partial charge on any atom is -0.0795 e. The summed E-state index contributed by atoms with van der Waals surface area (Å²) in [7, 11) is 0. The first-order valence-corrected chi connectivity index (χ1v) is 5.81. The molecule has 0 aliphatic carbocycles. The second-order valence-corrected chi connectivity index (χ2v) is 4.20. The smallest absolute Gasteiger partial charge is 0.0146 e. The van der Waals surface area contributed by atoms with Gasteiger partial charge in [0.05, 0.1) is 0 Å². The van der Waals surface area contributed by atoms with E-state index in [1.807, 2.05) is 0 Å². The molecule has 0 N–H and O–H groups in total. The van der Waals surface area contributed by atoms with Gasteiger partial charge in [0.2, 0.25) is 0 Å². The minimum atomic E-state index is 1.37. The molecule has 0 fully saturated rings. The van der Waals surface area contributed by atoms with Crippen molar-refractivity contribution in [3.63, 3.8) is 0 Å². The summed E-state index contributed by atoms with van der Waals surface area (Å²) < 4.78 is 0. The van der Waals surface area contributed by atoms with Crippen LogP contribution < -0.4 is 10.4 Å². The van der Waals surface area contributed by atoms with Crippen molar-refractivity contribution in [2.75, 3.05) is 0 Å². The summed E-state index contributed by atoms with van der Waals surface area (Å²) in [6.07, 6.45) is 4.42. The van der Waals surface area contributed by atoms with E-state index in [2.05, 4.69) is 64.1 Å². The van der Waals surface area contributed by atoms with Crippen LogP contribution in [-0.2, 0) is 0 Å². The van der Waals surface area contributed by atoms with Gasteiger partial charge in [-0.1, -0.05) is 36.4 Å². The lowest BCUT2D eigenvalue weighted by Gasteiger charge is -2.08.